The number of nitrogens with zero attached hydrogens (tertiary/aromatic N) is 2. The van der Waals surface area contributed by atoms with E-state index in [9.17, 15) is 9.90 Å². The predicted octanol–water partition coefficient (Wildman–Crippen LogP) is 0.722. The summed E-state index contributed by atoms with van der Waals surface area (Å²) in [5.41, 5.74) is 6.00. The van der Waals surface area contributed by atoms with Crippen molar-refractivity contribution in [3.63, 3.8) is 0 Å². The Kier molecular flexibility index (Phi) is 3.24. The number of ether oxygens (including phenoxy) is 1. The van der Waals surface area contributed by atoms with Gasteiger partial charge in [0.2, 0.25) is 11.7 Å². The van der Waals surface area contributed by atoms with Crippen LogP contribution in [0.1, 0.15) is 16.2 Å². The molecule has 0 spiro atoms. The van der Waals surface area contributed by atoms with E-state index in [-0.39, 0.29) is 35.3 Å². The van der Waals surface area contributed by atoms with Crippen molar-refractivity contribution >= 4 is 6.29 Å². The smallest absolute Gasteiger partial charge is 0.240 e. The fourth-order valence-electron chi connectivity index (χ4n) is 1.49. The highest BCUT2D eigenvalue weighted by molar-refractivity contribution is 5.87. The van der Waals surface area contributed by atoms with Gasteiger partial charge in [0.15, 0.2) is 17.8 Å². The zero-order valence-corrected chi connectivity index (χ0v) is 9.58. The zero-order chi connectivity index (χ0) is 13.1. The van der Waals surface area contributed by atoms with Crippen LogP contribution in [0.3, 0.4) is 0 Å². The second-order valence-electron chi connectivity index (χ2n) is 3.45. The Labute approximate surface area is 102 Å². The summed E-state index contributed by atoms with van der Waals surface area (Å²) in [6, 6.07) is 2.74. The molecule has 0 unspecified atom stereocenters. The molecule has 0 amide bonds. The Morgan fingerprint density at radius 1 is 1.56 bits per heavy atom. The van der Waals surface area contributed by atoms with Crippen LogP contribution in [0.4, 0.5) is 0 Å². The SMILES string of the molecule is COc1cc(-c2noc(CN)n2)c(C=O)cc1O. The average molecular weight is 249 g/mol. The molecule has 2 rings (SSSR count). The van der Waals surface area contributed by atoms with Crippen LogP contribution in [0.15, 0.2) is 16.7 Å². The monoisotopic (exact) mass is 249 g/mol. The molecule has 0 radical (unpaired) electrons. The summed E-state index contributed by atoms with van der Waals surface area (Å²) in [7, 11) is 1.40. The molecule has 0 saturated carbocycles. The number of nitrogens with two attached hydrogens (primary N) is 1. The Morgan fingerprint density at radius 3 is 2.89 bits per heavy atom. The van der Waals surface area contributed by atoms with Crippen molar-refractivity contribution in [2.75, 3.05) is 7.11 Å². The van der Waals surface area contributed by atoms with Crippen molar-refractivity contribution in [1.29, 1.82) is 0 Å². The Hall–Kier alpha value is -2.41. The highest BCUT2D eigenvalue weighted by atomic mass is 16.5. The van der Waals surface area contributed by atoms with E-state index in [4.69, 9.17) is 15.0 Å². The molecule has 1 aromatic carbocycles. The van der Waals surface area contributed by atoms with Crippen LogP contribution >= 0.6 is 0 Å². The molecule has 1 aromatic heterocycles. The molecule has 3 N–H and O–H groups in total. The number of phenols is 1. The molecule has 2 aromatic rings. The minimum atomic E-state index is -0.133. The highest BCUT2D eigenvalue weighted by Crippen LogP contribution is 2.33. The van der Waals surface area contributed by atoms with Crippen molar-refractivity contribution in [2.45, 2.75) is 6.54 Å². The third-order valence-electron chi connectivity index (χ3n) is 2.36. The lowest BCUT2D eigenvalue weighted by Gasteiger charge is -2.06. The van der Waals surface area contributed by atoms with E-state index >= 15 is 0 Å². The average Bonchev–Trinajstić information content (AvgIpc) is 2.87. The largest absolute Gasteiger partial charge is 0.504 e. The van der Waals surface area contributed by atoms with Gasteiger partial charge in [0.05, 0.1) is 13.7 Å². The first kappa shape index (κ1) is 12.1. The lowest BCUT2D eigenvalue weighted by Crippen LogP contribution is -1.96. The lowest BCUT2D eigenvalue weighted by molar-refractivity contribution is 0.112. The van der Waals surface area contributed by atoms with E-state index in [0.717, 1.165) is 0 Å². The number of rotatable bonds is 4. The third kappa shape index (κ3) is 2.03. The quantitative estimate of drug-likeness (QED) is 0.768. The molecule has 7 nitrogen and oxygen atoms in total. The van der Waals surface area contributed by atoms with Crippen molar-refractivity contribution in [3.05, 3.63) is 23.6 Å². The maximum atomic E-state index is 11.0. The third-order valence-corrected chi connectivity index (χ3v) is 2.36. The number of aromatic hydroxyl groups is 1. The first-order valence-corrected chi connectivity index (χ1v) is 5.08. The molecule has 0 bridgehead atoms. The fourth-order valence-corrected chi connectivity index (χ4v) is 1.49. The van der Waals surface area contributed by atoms with E-state index in [1.807, 2.05) is 0 Å². The summed E-state index contributed by atoms with van der Waals surface area (Å²) >= 11 is 0. The van der Waals surface area contributed by atoms with Crippen molar-refractivity contribution < 1.29 is 19.2 Å². The Balaban J connectivity index is 2.57. The summed E-state index contributed by atoms with van der Waals surface area (Å²) in [5, 5.41) is 13.3. The van der Waals surface area contributed by atoms with Gasteiger partial charge < -0.3 is 20.1 Å². The van der Waals surface area contributed by atoms with Gasteiger partial charge in [-0.15, -0.1) is 0 Å². The number of carbonyl (C=O) groups excluding carboxylic acids is 1. The lowest BCUT2D eigenvalue weighted by atomic mass is 10.1. The molecule has 7 heteroatoms. The number of phenolic OH excluding ortho intramolecular Hbond substituents is 1. The van der Waals surface area contributed by atoms with E-state index in [0.29, 0.717) is 11.8 Å². The topological polar surface area (TPSA) is 111 Å². The van der Waals surface area contributed by atoms with Gasteiger partial charge in [0, 0.05) is 11.1 Å². The van der Waals surface area contributed by atoms with E-state index in [2.05, 4.69) is 10.1 Å². The number of aldehydes is 1. The number of hydrogen-bond donors (Lipinski definition) is 2. The van der Waals surface area contributed by atoms with Gasteiger partial charge in [0.1, 0.15) is 0 Å². The molecule has 0 atom stereocenters. The Bertz CT molecular complexity index is 580. The number of benzene rings is 1. The zero-order valence-electron chi connectivity index (χ0n) is 9.58. The van der Waals surface area contributed by atoms with Crippen molar-refractivity contribution in [3.8, 4) is 22.9 Å². The summed E-state index contributed by atoms with van der Waals surface area (Å²) in [6.45, 7) is 0.110. The molecule has 0 aliphatic heterocycles. The van der Waals surface area contributed by atoms with Crippen LogP contribution in [0.2, 0.25) is 0 Å². The molecular weight excluding hydrogens is 238 g/mol. The van der Waals surface area contributed by atoms with Gasteiger partial charge in [-0.3, -0.25) is 4.79 Å². The molecular formula is C11H11N3O4. The maximum absolute atomic E-state index is 11.0. The second-order valence-corrected chi connectivity index (χ2v) is 3.45. The fraction of sp³-hybridized carbons (Fsp3) is 0.182. The first-order chi connectivity index (χ1) is 8.69. The van der Waals surface area contributed by atoms with Crippen molar-refractivity contribution in [1.82, 2.24) is 10.1 Å². The normalized spacial score (nSPS) is 10.3. The highest BCUT2D eigenvalue weighted by Gasteiger charge is 2.15. The molecule has 0 saturated heterocycles. The molecule has 0 aliphatic rings. The van der Waals surface area contributed by atoms with Crippen LogP contribution in [-0.4, -0.2) is 28.6 Å². The van der Waals surface area contributed by atoms with Crippen LogP contribution in [-0.2, 0) is 6.54 Å². The number of carbonyl (C=O) groups is 1. The van der Waals surface area contributed by atoms with Crippen LogP contribution in [0.25, 0.3) is 11.4 Å². The number of hydrogen-bond acceptors (Lipinski definition) is 7. The van der Waals surface area contributed by atoms with Gasteiger partial charge in [-0.25, -0.2) is 0 Å². The van der Waals surface area contributed by atoms with Gasteiger partial charge in [-0.2, -0.15) is 4.98 Å². The number of methoxy groups -OCH3 is 1. The van der Waals surface area contributed by atoms with Crippen LogP contribution < -0.4 is 10.5 Å². The molecule has 18 heavy (non-hydrogen) atoms. The molecule has 0 fully saturated rings. The van der Waals surface area contributed by atoms with Gasteiger partial charge in [-0.05, 0) is 12.1 Å². The van der Waals surface area contributed by atoms with Crippen molar-refractivity contribution in [2.24, 2.45) is 5.73 Å². The first-order valence-electron chi connectivity index (χ1n) is 5.08. The number of aromatic nitrogens is 2. The summed E-state index contributed by atoms with van der Waals surface area (Å²) in [4.78, 5) is 15.0. The van der Waals surface area contributed by atoms with Gasteiger partial charge in [0.25, 0.3) is 0 Å². The van der Waals surface area contributed by atoms with Gasteiger partial charge in [-0.1, -0.05) is 5.16 Å². The van der Waals surface area contributed by atoms with Crippen LogP contribution in [0.5, 0.6) is 11.5 Å². The maximum Gasteiger partial charge on any atom is 0.240 e. The summed E-state index contributed by atoms with van der Waals surface area (Å²) in [6.07, 6.45) is 0.590. The molecule has 1 heterocycles. The Morgan fingerprint density at radius 2 is 2.33 bits per heavy atom. The predicted molar refractivity (Wildman–Crippen MR) is 61.2 cm³/mol. The standard InChI is InChI=1S/C11H11N3O4/c1-17-9-3-7(6(5-15)2-8(9)16)11-13-10(4-12)18-14-11/h2-3,5,16H,4,12H2,1H3. The summed E-state index contributed by atoms with van der Waals surface area (Å²) in [5.74, 6) is 0.560. The molecule has 0 aliphatic carbocycles. The van der Waals surface area contributed by atoms with E-state index < -0.39 is 0 Å². The van der Waals surface area contributed by atoms with Crippen LogP contribution in [0, 0.1) is 0 Å². The summed E-state index contributed by atoms with van der Waals surface area (Å²) < 4.78 is 9.83. The van der Waals surface area contributed by atoms with E-state index in [1.165, 1.54) is 19.2 Å². The minimum Gasteiger partial charge on any atom is -0.504 e. The second kappa shape index (κ2) is 4.84. The van der Waals surface area contributed by atoms with E-state index in [1.54, 1.807) is 0 Å². The molecule has 94 valence electrons. The van der Waals surface area contributed by atoms with Gasteiger partial charge >= 0.3 is 0 Å². The minimum absolute atomic E-state index is 0.110.